The number of halogens is 3. The molecule has 1 amide bonds. The van der Waals surface area contributed by atoms with Crippen LogP contribution in [0.25, 0.3) is 0 Å². The topological polar surface area (TPSA) is 67.2 Å². The zero-order chi connectivity index (χ0) is 19.5. The molecule has 1 fully saturated rings. The Morgan fingerprint density at radius 1 is 1.21 bits per heavy atom. The Bertz CT molecular complexity index is 1010. The fourth-order valence-electron chi connectivity index (χ4n) is 4.12. The predicted molar refractivity (Wildman–Crippen MR) is 94.8 cm³/mol. The summed E-state index contributed by atoms with van der Waals surface area (Å²) in [5, 5.41) is 3.15. The Kier molecular flexibility index (Phi) is 3.63. The summed E-state index contributed by atoms with van der Waals surface area (Å²) < 4.78 is 40.1. The number of hydrogen-bond acceptors (Lipinski definition) is 4. The molecule has 5 nitrogen and oxygen atoms in total. The van der Waals surface area contributed by atoms with Crippen LogP contribution in [0.3, 0.4) is 0 Å². The van der Waals surface area contributed by atoms with Crippen molar-refractivity contribution in [2.45, 2.75) is 37.3 Å². The van der Waals surface area contributed by atoms with Gasteiger partial charge < -0.3 is 5.32 Å². The van der Waals surface area contributed by atoms with Gasteiger partial charge in [-0.25, -0.2) is 4.98 Å². The van der Waals surface area contributed by atoms with E-state index in [1.54, 1.807) is 18.3 Å². The van der Waals surface area contributed by atoms with Crippen LogP contribution in [0.4, 0.5) is 13.2 Å². The Hall–Kier alpha value is -2.77. The van der Waals surface area contributed by atoms with Gasteiger partial charge in [-0.05, 0) is 55.4 Å². The molecule has 0 bridgehead atoms. The Morgan fingerprint density at radius 3 is 2.79 bits per heavy atom. The molecular formula is C20H17F3N4O. The van der Waals surface area contributed by atoms with Gasteiger partial charge in [0.25, 0.3) is 5.91 Å². The highest BCUT2D eigenvalue weighted by Crippen LogP contribution is 2.47. The van der Waals surface area contributed by atoms with Crippen molar-refractivity contribution in [3.05, 3.63) is 58.7 Å². The van der Waals surface area contributed by atoms with Crippen LogP contribution < -0.4 is 5.32 Å². The molecule has 1 atom stereocenters. The maximum atomic E-state index is 13.4. The molecule has 0 radical (unpaired) electrons. The monoisotopic (exact) mass is 386 g/mol. The van der Waals surface area contributed by atoms with Crippen LogP contribution in [0.2, 0.25) is 0 Å². The van der Waals surface area contributed by atoms with Gasteiger partial charge in [-0.2, -0.15) is 18.2 Å². The van der Waals surface area contributed by atoms with Crippen LogP contribution in [0.1, 0.15) is 47.5 Å². The highest BCUT2D eigenvalue weighted by molar-refractivity contribution is 6.13. The summed E-state index contributed by atoms with van der Waals surface area (Å²) in [5.41, 5.74) is -0.384. The lowest BCUT2D eigenvalue weighted by atomic mass is 9.74. The van der Waals surface area contributed by atoms with Crippen molar-refractivity contribution in [1.29, 1.82) is 0 Å². The van der Waals surface area contributed by atoms with Gasteiger partial charge in [0, 0.05) is 24.0 Å². The fraction of sp³-hybridized carbons (Fsp3) is 0.400. The van der Waals surface area contributed by atoms with E-state index in [1.165, 1.54) is 6.07 Å². The molecule has 3 heterocycles. The summed E-state index contributed by atoms with van der Waals surface area (Å²) in [6.07, 6.45) is 0.0620. The van der Waals surface area contributed by atoms with Gasteiger partial charge >= 0.3 is 6.18 Å². The summed E-state index contributed by atoms with van der Waals surface area (Å²) in [4.78, 5) is 25.7. The van der Waals surface area contributed by atoms with Crippen molar-refractivity contribution in [2.24, 2.45) is 10.9 Å². The van der Waals surface area contributed by atoms with Gasteiger partial charge in [-0.3, -0.25) is 9.78 Å². The van der Waals surface area contributed by atoms with E-state index in [2.05, 4.69) is 20.3 Å². The first kappa shape index (κ1) is 17.3. The number of alkyl halides is 3. The van der Waals surface area contributed by atoms with Gasteiger partial charge in [-0.15, -0.1) is 0 Å². The van der Waals surface area contributed by atoms with E-state index in [-0.39, 0.29) is 5.69 Å². The maximum absolute atomic E-state index is 13.4. The molecule has 0 saturated heterocycles. The van der Waals surface area contributed by atoms with Crippen molar-refractivity contribution >= 4 is 11.7 Å². The molecule has 5 rings (SSSR count). The van der Waals surface area contributed by atoms with Crippen LogP contribution in [0, 0.1) is 5.92 Å². The average molecular weight is 386 g/mol. The number of carbonyl (C=O) groups is 1. The molecule has 2 aliphatic carbocycles. The molecule has 8 heteroatoms. The third kappa shape index (κ3) is 2.54. The van der Waals surface area contributed by atoms with Gasteiger partial charge in [0.05, 0.1) is 5.69 Å². The molecular weight excluding hydrogens is 369 g/mol. The molecule has 1 unspecified atom stereocenters. The van der Waals surface area contributed by atoms with Gasteiger partial charge in [0.2, 0.25) is 0 Å². The summed E-state index contributed by atoms with van der Waals surface area (Å²) in [6.45, 7) is 0.651. The fourth-order valence-corrected chi connectivity index (χ4v) is 4.12. The zero-order valence-corrected chi connectivity index (χ0v) is 14.9. The largest absolute Gasteiger partial charge is 0.433 e. The molecule has 2 aromatic heterocycles. The number of fused-ring (bicyclic) bond motifs is 4. The summed E-state index contributed by atoms with van der Waals surface area (Å²) in [5.74, 6) is 0.365. The number of amidine groups is 1. The molecule has 1 saturated carbocycles. The number of carbonyl (C=O) groups excluding carboxylic acids is 1. The second-order valence-corrected chi connectivity index (χ2v) is 7.58. The predicted octanol–water partition coefficient (Wildman–Crippen LogP) is 3.01. The molecule has 0 aromatic carbocycles. The van der Waals surface area contributed by atoms with Crippen LogP contribution in [-0.4, -0.2) is 28.3 Å². The van der Waals surface area contributed by atoms with Crippen molar-refractivity contribution in [3.8, 4) is 0 Å². The summed E-state index contributed by atoms with van der Waals surface area (Å²) in [6, 6.07) is 5.77. The lowest BCUT2D eigenvalue weighted by Crippen LogP contribution is -2.44. The Balaban J connectivity index is 1.70. The van der Waals surface area contributed by atoms with Gasteiger partial charge in [-0.1, -0.05) is 6.07 Å². The first-order valence-electron chi connectivity index (χ1n) is 9.30. The third-order valence-electron chi connectivity index (χ3n) is 5.77. The highest BCUT2D eigenvalue weighted by atomic mass is 19.4. The second-order valence-electron chi connectivity index (χ2n) is 7.58. The SMILES string of the molecule is O=C1N=C(NCC2CC2)c2ccc(C(F)(F)F)nc2C12CCc1ncccc12. The van der Waals surface area contributed by atoms with E-state index in [9.17, 15) is 18.0 Å². The minimum absolute atomic E-state index is 0.132. The molecule has 144 valence electrons. The van der Waals surface area contributed by atoms with Crippen LogP contribution >= 0.6 is 0 Å². The lowest BCUT2D eigenvalue weighted by Gasteiger charge is -2.32. The standard InChI is InChI=1S/C20H17F3N4O/c21-20(22,23)15-6-5-12-16(26-15)19(8-7-14-13(19)2-1-9-24-14)18(28)27-17(12)25-10-11-3-4-11/h1-2,5-6,9,11H,3-4,7-8,10H2,(H,25,27,28). The van der Waals surface area contributed by atoms with E-state index in [0.717, 1.165) is 18.9 Å². The molecule has 1 N–H and O–H groups in total. The number of nitrogens with zero attached hydrogens (tertiary/aromatic N) is 3. The highest BCUT2D eigenvalue weighted by Gasteiger charge is 2.53. The van der Waals surface area contributed by atoms with Crippen molar-refractivity contribution in [1.82, 2.24) is 15.3 Å². The van der Waals surface area contributed by atoms with Crippen molar-refractivity contribution in [3.63, 3.8) is 0 Å². The number of amides is 1. The smallest absolute Gasteiger partial charge is 0.369 e. The maximum Gasteiger partial charge on any atom is 0.433 e. The van der Waals surface area contributed by atoms with E-state index in [1.807, 2.05) is 0 Å². The van der Waals surface area contributed by atoms with Crippen LogP contribution in [0.15, 0.2) is 35.5 Å². The number of nitrogens with one attached hydrogen (secondary N) is 1. The number of rotatable bonds is 2. The van der Waals surface area contributed by atoms with E-state index in [4.69, 9.17) is 0 Å². The van der Waals surface area contributed by atoms with Gasteiger partial charge in [0.15, 0.2) is 0 Å². The molecule has 28 heavy (non-hydrogen) atoms. The van der Waals surface area contributed by atoms with E-state index >= 15 is 0 Å². The molecule has 1 aliphatic heterocycles. The number of aromatic nitrogens is 2. The third-order valence-corrected chi connectivity index (χ3v) is 5.77. The van der Waals surface area contributed by atoms with Crippen LogP contribution in [0.5, 0.6) is 0 Å². The van der Waals surface area contributed by atoms with E-state index < -0.39 is 23.2 Å². The summed E-state index contributed by atoms with van der Waals surface area (Å²) >= 11 is 0. The number of pyridine rings is 2. The first-order chi connectivity index (χ1) is 13.4. The quantitative estimate of drug-likeness (QED) is 0.862. The lowest BCUT2D eigenvalue weighted by molar-refractivity contribution is -0.141. The molecule has 3 aliphatic rings. The van der Waals surface area contributed by atoms with Crippen molar-refractivity contribution < 1.29 is 18.0 Å². The normalized spacial score (nSPS) is 23.4. The minimum atomic E-state index is -4.59. The Morgan fingerprint density at radius 2 is 2.04 bits per heavy atom. The minimum Gasteiger partial charge on any atom is -0.369 e. The number of aliphatic imine (C=N–C) groups is 1. The number of aryl methyl sites for hydroxylation is 1. The van der Waals surface area contributed by atoms with Crippen molar-refractivity contribution in [2.75, 3.05) is 6.54 Å². The van der Waals surface area contributed by atoms with Gasteiger partial charge in [0.1, 0.15) is 16.9 Å². The van der Waals surface area contributed by atoms with Crippen LogP contribution in [-0.2, 0) is 22.8 Å². The first-order valence-corrected chi connectivity index (χ1v) is 9.30. The molecule has 2 aromatic rings. The van der Waals surface area contributed by atoms with E-state index in [0.29, 0.717) is 48.0 Å². The Labute approximate surface area is 159 Å². The number of hydrogen-bond donors (Lipinski definition) is 1. The average Bonchev–Trinajstić information content (AvgIpc) is 3.42. The summed E-state index contributed by atoms with van der Waals surface area (Å²) in [7, 11) is 0. The zero-order valence-electron chi connectivity index (χ0n) is 14.9. The molecule has 1 spiro atoms. The second kappa shape index (κ2) is 5.86.